The number of nitrogens with two attached hydrogens (primary N) is 1. The van der Waals surface area contributed by atoms with Crippen molar-refractivity contribution in [2.75, 3.05) is 5.73 Å². The number of hydrogen-bond acceptors (Lipinski definition) is 4. The predicted octanol–water partition coefficient (Wildman–Crippen LogP) is 0.863. The van der Waals surface area contributed by atoms with Crippen LogP contribution in [0.25, 0.3) is 0 Å². The molecular weight excluding hydrogens is 286 g/mol. The molecule has 1 aromatic carbocycles. The molecule has 3 N–H and O–H groups in total. The second-order valence-electron chi connectivity index (χ2n) is 4.99. The summed E-state index contributed by atoms with van der Waals surface area (Å²) in [5, 5.41) is 3.22. The van der Waals surface area contributed by atoms with E-state index in [1.54, 1.807) is 6.07 Å². The molecule has 3 rings (SSSR count). The first-order valence-electron chi connectivity index (χ1n) is 6.44. The molecule has 21 heavy (non-hydrogen) atoms. The second kappa shape index (κ2) is 5.07. The van der Waals surface area contributed by atoms with Crippen LogP contribution in [0.1, 0.15) is 28.6 Å². The number of nitrogens with one attached hydrogen (secondary N) is 1. The molecule has 0 saturated carbocycles. The zero-order valence-electron chi connectivity index (χ0n) is 11.4. The van der Waals surface area contributed by atoms with Crippen molar-refractivity contribution in [2.24, 2.45) is 0 Å². The third-order valence-corrected chi connectivity index (χ3v) is 3.86. The molecule has 2 aromatic rings. The van der Waals surface area contributed by atoms with Crippen molar-refractivity contribution in [3.05, 3.63) is 46.5 Å². The molecule has 2 radical (unpaired) electrons. The smallest absolute Gasteiger partial charge is 0.220 e. The van der Waals surface area contributed by atoms with Crippen molar-refractivity contribution in [3.63, 3.8) is 0 Å². The first kappa shape index (κ1) is 13.9. The number of hydrogen-bond donors (Lipinski definition) is 2. The molecule has 1 aromatic heterocycles. The quantitative estimate of drug-likeness (QED) is 0.604. The summed E-state index contributed by atoms with van der Waals surface area (Å²) < 4.78 is 13.2. The van der Waals surface area contributed by atoms with E-state index >= 15 is 0 Å². The molecule has 4 nitrogen and oxygen atoms in total. The highest BCUT2D eigenvalue weighted by atomic mass is 32.1. The lowest BCUT2D eigenvalue weighted by atomic mass is 9.84. The van der Waals surface area contributed by atoms with Gasteiger partial charge >= 0.3 is 0 Å². The molecule has 0 spiro atoms. The molecular formula is C14H12BFN4S. The van der Waals surface area contributed by atoms with Gasteiger partial charge in [-0.1, -0.05) is 23.7 Å². The largest absolute Gasteiger partial charge is 0.369 e. The Morgan fingerprint density at radius 1 is 1.43 bits per heavy atom. The summed E-state index contributed by atoms with van der Waals surface area (Å²) >= 11 is 5.39. The number of anilines is 1. The van der Waals surface area contributed by atoms with Crippen LogP contribution in [0.5, 0.6) is 0 Å². The topological polar surface area (TPSA) is 63.8 Å². The number of thiocarbonyl (C=S) groups is 1. The molecule has 7 heteroatoms. The van der Waals surface area contributed by atoms with Crippen LogP contribution >= 0.6 is 12.2 Å². The zero-order chi connectivity index (χ0) is 15.1. The zero-order valence-corrected chi connectivity index (χ0v) is 12.2. The normalized spacial score (nSPS) is 17.2. The lowest BCUT2D eigenvalue weighted by molar-refractivity contribution is 0.610. The third-order valence-electron chi connectivity index (χ3n) is 3.54. The Balaban J connectivity index is 2.04. The minimum absolute atomic E-state index is 0.153. The van der Waals surface area contributed by atoms with Crippen LogP contribution in [0.4, 0.5) is 10.3 Å². The number of nitrogens with zero attached hydrogens (tertiary/aromatic N) is 2. The third kappa shape index (κ3) is 2.49. The van der Waals surface area contributed by atoms with Gasteiger partial charge in [0.15, 0.2) is 0 Å². The van der Waals surface area contributed by atoms with Crippen molar-refractivity contribution >= 4 is 36.5 Å². The Kier molecular flexibility index (Phi) is 3.37. The van der Waals surface area contributed by atoms with Crippen molar-refractivity contribution in [2.45, 2.75) is 19.4 Å². The Hall–Kier alpha value is -2.02. The minimum Gasteiger partial charge on any atom is -0.369 e. The van der Waals surface area contributed by atoms with E-state index in [1.165, 1.54) is 12.1 Å². The Morgan fingerprint density at radius 3 is 2.90 bits per heavy atom. The first-order valence-corrected chi connectivity index (χ1v) is 6.85. The Bertz CT molecular complexity index is 750. The van der Waals surface area contributed by atoms with Crippen LogP contribution in [0.3, 0.4) is 0 Å². The van der Waals surface area contributed by atoms with Crippen molar-refractivity contribution in [3.8, 4) is 0 Å². The lowest BCUT2D eigenvalue weighted by Gasteiger charge is -2.29. The van der Waals surface area contributed by atoms with Crippen LogP contribution in [0.2, 0.25) is 0 Å². The number of rotatable bonds is 1. The lowest BCUT2D eigenvalue weighted by Crippen LogP contribution is -2.38. The van der Waals surface area contributed by atoms with Gasteiger partial charge < -0.3 is 11.1 Å². The summed E-state index contributed by atoms with van der Waals surface area (Å²) in [6.45, 7) is 1.84. The Morgan fingerprint density at radius 2 is 2.19 bits per heavy atom. The number of aromatic nitrogens is 2. The maximum Gasteiger partial charge on any atom is 0.220 e. The summed E-state index contributed by atoms with van der Waals surface area (Å²) in [6, 6.07) is 4.19. The fourth-order valence-electron chi connectivity index (χ4n) is 2.62. The van der Waals surface area contributed by atoms with E-state index in [9.17, 15) is 4.39 Å². The molecule has 0 bridgehead atoms. The molecule has 0 saturated heterocycles. The van der Waals surface area contributed by atoms with Gasteiger partial charge in [-0.2, -0.15) is 0 Å². The van der Waals surface area contributed by atoms with E-state index < -0.39 is 0 Å². The van der Waals surface area contributed by atoms with E-state index in [1.807, 2.05) is 6.92 Å². The van der Waals surface area contributed by atoms with Gasteiger partial charge in [-0.15, -0.1) is 0 Å². The number of benzene rings is 1. The van der Waals surface area contributed by atoms with E-state index in [0.29, 0.717) is 16.9 Å². The van der Waals surface area contributed by atoms with Crippen LogP contribution in [0.15, 0.2) is 18.2 Å². The fraction of sp³-hybridized carbons (Fsp3) is 0.214. The Labute approximate surface area is 128 Å². The van der Waals surface area contributed by atoms with Crippen molar-refractivity contribution in [1.82, 2.24) is 15.3 Å². The van der Waals surface area contributed by atoms with Gasteiger partial charge in [0, 0.05) is 6.42 Å². The minimum atomic E-state index is -0.363. The summed E-state index contributed by atoms with van der Waals surface area (Å²) in [5.41, 5.74) is 9.24. The molecule has 1 aliphatic heterocycles. The maximum atomic E-state index is 13.2. The standard InChI is InChI=1S/C14H12BFN4S/c1-6-12-11(20-14(17)18-6)5-10(19-13(12)21)8-3-2-7(16)4-9(8)15/h2-4,10H,5H2,1H3,(H,19,21)(H2,17,18,20)/t10-/m1/s1. The maximum absolute atomic E-state index is 13.2. The van der Waals surface area contributed by atoms with Gasteiger partial charge in [0.05, 0.1) is 23.0 Å². The van der Waals surface area contributed by atoms with Gasteiger partial charge in [0.1, 0.15) is 18.7 Å². The first-order chi connectivity index (χ1) is 9.95. The van der Waals surface area contributed by atoms with Crippen LogP contribution in [0, 0.1) is 12.7 Å². The monoisotopic (exact) mass is 298 g/mol. The molecule has 104 valence electrons. The molecule has 2 heterocycles. The average Bonchev–Trinajstić information content (AvgIpc) is 2.36. The van der Waals surface area contributed by atoms with Crippen molar-refractivity contribution in [1.29, 1.82) is 0 Å². The highest BCUT2D eigenvalue weighted by Crippen LogP contribution is 2.26. The van der Waals surface area contributed by atoms with E-state index in [0.717, 1.165) is 22.5 Å². The molecule has 0 fully saturated rings. The summed E-state index contributed by atoms with van der Waals surface area (Å²) in [7, 11) is 5.90. The number of halogens is 1. The van der Waals surface area contributed by atoms with Gasteiger partial charge in [0.25, 0.3) is 0 Å². The van der Waals surface area contributed by atoms with Gasteiger partial charge in [0.2, 0.25) is 5.95 Å². The van der Waals surface area contributed by atoms with Crippen LogP contribution < -0.4 is 16.5 Å². The van der Waals surface area contributed by atoms with E-state index in [4.69, 9.17) is 25.8 Å². The highest BCUT2D eigenvalue weighted by molar-refractivity contribution is 7.80. The van der Waals surface area contributed by atoms with E-state index in [2.05, 4.69) is 15.3 Å². The number of fused-ring (bicyclic) bond motifs is 1. The predicted molar refractivity (Wildman–Crippen MR) is 84.3 cm³/mol. The summed E-state index contributed by atoms with van der Waals surface area (Å²) in [5.74, 6) is -0.140. The number of aryl methyl sites for hydroxylation is 1. The van der Waals surface area contributed by atoms with E-state index in [-0.39, 0.29) is 17.8 Å². The van der Waals surface area contributed by atoms with Gasteiger partial charge in [-0.3, -0.25) is 0 Å². The van der Waals surface area contributed by atoms with Gasteiger partial charge in [-0.25, -0.2) is 14.4 Å². The van der Waals surface area contributed by atoms with Gasteiger partial charge in [-0.05, 0) is 24.6 Å². The number of nitrogen functional groups attached to an aromatic ring is 1. The molecule has 0 aliphatic carbocycles. The van der Waals surface area contributed by atoms with Crippen LogP contribution in [-0.4, -0.2) is 22.8 Å². The summed E-state index contributed by atoms with van der Waals surface area (Å²) in [4.78, 5) is 8.96. The van der Waals surface area contributed by atoms with Crippen molar-refractivity contribution < 1.29 is 4.39 Å². The molecule has 0 amide bonds. The molecule has 1 atom stereocenters. The highest BCUT2D eigenvalue weighted by Gasteiger charge is 2.27. The second-order valence-corrected chi connectivity index (χ2v) is 5.40. The molecule has 0 unspecified atom stereocenters. The fourth-order valence-corrected chi connectivity index (χ4v) is 3.03. The summed E-state index contributed by atoms with van der Waals surface area (Å²) in [6.07, 6.45) is 0.568. The molecule has 1 aliphatic rings. The SMILES string of the molecule is [B]c1cc(F)ccc1[C@H]1Cc2nc(N)nc(C)c2C(=S)N1. The average molecular weight is 298 g/mol. The van der Waals surface area contributed by atoms with Crippen LogP contribution in [-0.2, 0) is 6.42 Å².